The Morgan fingerprint density at radius 2 is 2.05 bits per heavy atom. The molecule has 4 rings (SSSR count). The zero-order chi connectivity index (χ0) is 14.3. The van der Waals surface area contributed by atoms with Gasteiger partial charge in [-0.1, -0.05) is 35.5 Å². The van der Waals surface area contributed by atoms with E-state index in [1.807, 2.05) is 6.07 Å². The SMILES string of the molecule is O=C(NCC1(c2ccccc2)CC1)c1cc(C2CC2)on1. The smallest absolute Gasteiger partial charge is 0.273 e. The van der Waals surface area contributed by atoms with Crippen LogP contribution in [0.1, 0.15) is 53.4 Å². The summed E-state index contributed by atoms with van der Waals surface area (Å²) >= 11 is 0. The van der Waals surface area contributed by atoms with Gasteiger partial charge in [0, 0.05) is 23.9 Å². The molecule has 2 aliphatic carbocycles. The van der Waals surface area contributed by atoms with Gasteiger partial charge in [0.1, 0.15) is 5.76 Å². The molecule has 0 aliphatic heterocycles. The fourth-order valence-electron chi connectivity index (χ4n) is 2.81. The largest absolute Gasteiger partial charge is 0.360 e. The molecule has 2 fully saturated rings. The lowest BCUT2D eigenvalue weighted by molar-refractivity contribution is 0.0940. The summed E-state index contributed by atoms with van der Waals surface area (Å²) in [5.41, 5.74) is 1.84. The van der Waals surface area contributed by atoms with Gasteiger partial charge in [-0.15, -0.1) is 0 Å². The Labute approximate surface area is 123 Å². The zero-order valence-corrected chi connectivity index (χ0v) is 11.8. The predicted octanol–water partition coefficient (Wildman–Crippen LogP) is 3.01. The number of hydrogen-bond donors (Lipinski definition) is 1. The molecule has 2 aliphatic rings. The summed E-state index contributed by atoms with van der Waals surface area (Å²) in [5, 5.41) is 6.90. The lowest BCUT2D eigenvalue weighted by atomic mass is 9.96. The third-order valence-electron chi connectivity index (χ3n) is 4.57. The van der Waals surface area contributed by atoms with Crippen LogP contribution >= 0.6 is 0 Å². The highest BCUT2D eigenvalue weighted by atomic mass is 16.5. The highest BCUT2D eigenvalue weighted by Crippen LogP contribution is 2.47. The van der Waals surface area contributed by atoms with Crippen molar-refractivity contribution >= 4 is 5.91 Å². The molecule has 0 atom stereocenters. The summed E-state index contributed by atoms with van der Waals surface area (Å²) < 4.78 is 5.23. The molecule has 0 bridgehead atoms. The normalized spacial score (nSPS) is 19.2. The second kappa shape index (κ2) is 4.72. The molecular weight excluding hydrogens is 264 g/mol. The van der Waals surface area contributed by atoms with Gasteiger partial charge in [0.05, 0.1) is 0 Å². The Morgan fingerprint density at radius 3 is 2.71 bits per heavy atom. The van der Waals surface area contributed by atoms with Gasteiger partial charge in [0.15, 0.2) is 5.69 Å². The van der Waals surface area contributed by atoms with E-state index in [0.717, 1.165) is 31.4 Å². The number of nitrogens with zero attached hydrogens (tertiary/aromatic N) is 1. The summed E-state index contributed by atoms with van der Waals surface area (Å²) in [6.07, 6.45) is 4.55. The standard InChI is InChI=1S/C17H18N2O2/c20-16(14-10-15(21-19-14)12-6-7-12)18-11-17(8-9-17)13-4-2-1-3-5-13/h1-5,10,12H,6-9,11H2,(H,18,20). The number of carbonyl (C=O) groups excluding carboxylic acids is 1. The fourth-order valence-corrected chi connectivity index (χ4v) is 2.81. The molecule has 0 saturated heterocycles. The van der Waals surface area contributed by atoms with Crippen LogP contribution < -0.4 is 5.32 Å². The molecule has 1 amide bonds. The highest BCUT2D eigenvalue weighted by molar-refractivity contribution is 5.92. The molecule has 21 heavy (non-hydrogen) atoms. The van der Waals surface area contributed by atoms with Crippen molar-refractivity contribution in [1.29, 1.82) is 0 Å². The topological polar surface area (TPSA) is 55.1 Å². The van der Waals surface area contributed by atoms with E-state index >= 15 is 0 Å². The lowest BCUT2D eigenvalue weighted by Gasteiger charge is -2.15. The molecule has 0 radical (unpaired) electrons. The van der Waals surface area contributed by atoms with Crippen LogP contribution in [0.2, 0.25) is 0 Å². The van der Waals surface area contributed by atoms with Crippen LogP contribution in [-0.4, -0.2) is 17.6 Å². The number of nitrogens with one attached hydrogen (secondary N) is 1. The zero-order valence-electron chi connectivity index (χ0n) is 11.8. The van der Waals surface area contributed by atoms with E-state index in [-0.39, 0.29) is 11.3 Å². The van der Waals surface area contributed by atoms with Gasteiger partial charge in [0.2, 0.25) is 0 Å². The Kier molecular flexibility index (Phi) is 2.84. The minimum atomic E-state index is -0.132. The molecule has 1 aromatic heterocycles. The van der Waals surface area contributed by atoms with E-state index in [2.05, 4.69) is 34.7 Å². The Hall–Kier alpha value is -2.10. The maximum atomic E-state index is 12.2. The Balaban J connectivity index is 1.41. The first-order valence-electron chi connectivity index (χ1n) is 7.57. The van der Waals surface area contributed by atoms with Crippen LogP contribution in [-0.2, 0) is 5.41 Å². The van der Waals surface area contributed by atoms with Crippen molar-refractivity contribution < 1.29 is 9.32 Å². The average molecular weight is 282 g/mol. The molecule has 4 nitrogen and oxygen atoms in total. The average Bonchev–Trinajstić information content (AvgIpc) is 3.45. The second-order valence-electron chi connectivity index (χ2n) is 6.22. The number of rotatable bonds is 5. The van der Waals surface area contributed by atoms with Gasteiger partial charge in [-0.25, -0.2) is 0 Å². The molecule has 108 valence electrons. The van der Waals surface area contributed by atoms with E-state index in [4.69, 9.17) is 4.52 Å². The quantitative estimate of drug-likeness (QED) is 0.917. The van der Waals surface area contributed by atoms with Gasteiger partial charge in [-0.05, 0) is 31.2 Å². The number of carbonyl (C=O) groups is 1. The molecule has 1 aromatic carbocycles. The minimum absolute atomic E-state index is 0.125. The molecule has 2 aromatic rings. The number of benzene rings is 1. The van der Waals surface area contributed by atoms with E-state index in [1.165, 1.54) is 5.56 Å². The molecule has 1 N–H and O–H groups in total. The third kappa shape index (κ3) is 2.46. The maximum Gasteiger partial charge on any atom is 0.273 e. The Morgan fingerprint density at radius 1 is 1.29 bits per heavy atom. The molecule has 2 saturated carbocycles. The third-order valence-corrected chi connectivity index (χ3v) is 4.57. The van der Waals surface area contributed by atoms with Crippen molar-refractivity contribution in [1.82, 2.24) is 10.5 Å². The Bertz CT molecular complexity index is 654. The van der Waals surface area contributed by atoms with E-state index in [1.54, 1.807) is 6.07 Å². The number of hydrogen-bond acceptors (Lipinski definition) is 3. The number of aromatic nitrogens is 1. The summed E-state index contributed by atoms with van der Waals surface area (Å²) in [7, 11) is 0. The van der Waals surface area contributed by atoms with Crippen LogP contribution in [0.3, 0.4) is 0 Å². The summed E-state index contributed by atoms with van der Waals surface area (Å²) in [4.78, 5) is 12.2. The first-order valence-corrected chi connectivity index (χ1v) is 7.57. The minimum Gasteiger partial charge on any atom is -0.360 e. The summed E-state index contributed by atoms with van der Waals surface area (Å²) in [5.74, 6) is 1.20. The van der Waals surface area contributed by atoms with Gasteiger partial charge in [-0.2, -0.15) is 0 Å². The molecule has 0 unspecified atom stereocenters. The van der Waals surface area contributed by atoms with Crippen LogP contribution in [0.15, 0.2) is 40.9 Å². The van der Waals surface area contributed by atoms with Crippen molar-refractivity contribution in [2.24, 2.45) is 0 Å². The van der Waals surface area contributed by atoms with Crippen LogP contribution in [0.5, 0.6) is 0 Å². The van der Waals surface area contributed by atoms with Crippen molar-refractivity contribution in [3.05, 3.63) is 53.4 Å². The molecule has 0 spiro atoms. The fraction of sp³-hybridized carbons (Fsp3) is 0.412. The van der Waals surface area contributed by atoms with Crippen molar-refractivity contribution in [2.45, 2.75) is 37.0 Å². The van der Waals surface area contributed by atoms with E-state index in [0.29, 0.717) is 18.2 Å². The van der Waals surface area contributed by atoms with Crippen molar-refractivity contribution in [3.8, 4) is 0 Å². The summed E-state index contributed by atoms with van der Waals surface area (Å²) in [6, 6.07) is 12.2. The van der Waals surface area contributed by atoms with Crippen molar-refractivity contribution in [3.63, 3.8) is 0 Å². The van der Waals surface area contributed by atoms with Crippen LogP contribution in [0.4, 0.5) is 0 Å². The van der Waals surface area contributed by atoms with Gasteiger partial charge in [-0.3, -0.25) is 4.79 Å². The van der Waals surface area contributed by atoms with Gasteiger partial charge >= 0.3 is 0 Å². The van der Waals surface area contributed by atoms with Crippen LogP contribution in [0.25, 0.3) is 0 Å². The lowest BCUT2D eigenvalue weighted by Crippen LogP contribution is -2.32. The van der Waals surface area contributed by atoms with Gasteiger partial charge in [0.25, 0.3) is 5.91 Å². The first-order chi connectivity index (χ1) is 10.3. The molecular formula is C17H18N2O2. The predicted molar refractivity (Wildman–Crippen MR) is 78.2 cm³/mol. The molecule has 1 heterocycles. The molecule has 4 heteroatoms. The first kappa shape index (κ1) is 12.6. The highest BCUT2D eigenvalue weighted by Gasteiger charge is 2.44. The second-order valence-corrected chi connectivity index (χ2v) is 6.22. The maximum absolute atomic E-state index is 12.2. The van der Waals surface area contributed by atoms with Gasteiger partial charge < -0.3 is 9.84 Å². The summed E-state index contributed by atoms with van der Waals surface area (Å²) in [6.45, 7) is 0.668. The van der Waals surface area contributed by atoms with Crippen molar-refractivity contribution in [2.75, 3.05) is 6.54 Å². The van der Waals surface area contributed by atoms with E-state index in [9.17, 15) is 4.79 Å². The number of amides is 1. The van der Waals surface area contributed by atoms with E-state index < -0.39 is 0 Å². The van der Waals surface area contributed by atoms with Crippen LogP contribution in [0, 0.1) is 0 Å². The monoisotopic (exact) mass is 282 g/mol.